The molecule has 0 aliphatic heterocycles. The zero-order valence-corrected chi connectivity index (χ0v) is 19.5. The third kappa shape index (κ3) is 14.0. The first-order valence-electron chi connectivity index (χ1n) is 12.2. The molecule has 0 atom stereocenters. The molecule has 0 saturated carbocycles. The fourth-order valence-corrected chi connectivity index (χ4v) is 3.72. The van der Waals surface area contributed by atoms with Crippen LogP contribution >= 0.6 is 0 Å². The number of carbonyl (C=O) groups is 2. The van der Waals surface area contributed by atoms with E-state index in [9.17, 15) is 9.59 Å². The van der Waals surface area contributed by atoms with Crippen molar-refractivity contribution in [2.45, 2.75) is 110 Å². The van der Waals surface area contributed by atoms with E-state index in [4.69, 9.17) is 15.3 Å². The number of nitrogens with zero attached hydrogens (tertiary/aromatic N) is 1. The Kier molecular flexibility index (Phi) is 17.9. The van der Waals surface area contributed by atoms with Gasteiger partial charge in [0, 0.05) is 6.61 Å². The van der Waals surface area contributed by atoms with E-state index >= 15 is 0 Å². The van der Waals surface area contributed by atoms with Gasteiger partial charge in [0.2, 0.25) is 0 Å². The minimum atomic E-state index is -1.67. The van der Waals surface area contributed by atoms with Crippen LogP contribution < -0.4 is 0 Å². The Morgan fingerprint density at radius 3 is 1.50 bits per heavy atom. The van der Waals surface area contributed by atoms with E-state index in [1.165, 1.54) is 58.3 Å². The standard InChI is InChI=1S/C24H47NO5/c1-3-4-5-6-7-8-10-13-18-25(20-15-16-21-26)19-14-11-9-12-17-24(2,22(27)28)23(29)30/h26H,3-21H2,1-2H3,(H,27,28)(H,29,30). The summed E-state index contributed by atoms with van der Waals surface area (Å²) in [5.74, 6) is -2.51. The highest BCUT2D eigenvalue weighted by Gasteiger charge is 2.40. The highest BCUT2D eigenvalue weighted by atomic mass is 16.4. The van der Waals surface area contributed by atoms with E-state index in [1.807, 2.05) is 0 Å². The van der Waals surface area contributed by atoms with Crippen LogP contribution in [0.3, 0.4) is 0 Å². The first-order valence-corrected chi connectivity index (χ1v) is 12.2. The van der Waals surface area contributed by atoms with E-state index in [0.717, 1.165) is 51.7 Å². The summed E-state index contributed by atoms with van der Waals surface area (Å²) in [7, 11) is 0. The summed E-state index contributed by atoms with van der Waals surface area (Å²) in [5, 5.41) is 27.3. The number of aliphatic carboxylic acids is 2. The molecule has 0 saturated heterocycles. The summed E-state index contributed by atoms with van der Waals surface area (Å²) in [5.41, 5.74) is -1.67. The van der Waals surface area contributed by atoms with Crippen LogP contribution in [-0.4, -0.2) is 58.4 Å². The van der Waals surface area contributed by atoms with Crippen LogP contribution in [0.2, 0.25) is 0 Å². The molecule has 0 bridgehead atoms. The number of hydrogen-bond acceptors (Lipinski definition) is 4. The molecule has 0 fully saturated rings. The first kappa shape index (κ1) is 28.9. The highest BCUT2D eigenvalue weighted by molar-refractivity contribution is 5.97. The third-order valence-corrected chi connectivity index (χ3v) is 6.06. The van der Waals surface area contributed by atoms with E-state index in [0.29, 0.717) is 6.42 Å². The van der Waals surface area contributed by atoms with E-state index in [-0.39, 0.29) is 13.0 Å². The molecule has 3 N–H and O–H groups in total. The van der Waals surface area contributed by atoms with E-state index in [2.05, 4.69) is 11.8 Å². The molecule has 0 unspecified atom stereocenters. The Morgan fingerprint density at radius 1 is 0.667 bits per heavy atom. The molecule has 30 heavy (non-hydrogen) atoms. The van der Waals surface area contributed by atoms with Gasteiger partial charge in [0.05, 0.1) is 0 Å². The molecule has 0 spiro atoms. The first-order chi connectivity index (χ1) is 14.4. The largest absolute Gasteiger partial charge is 0.480 e. The van der Waals surface area contributed by atoms with Gasteiger partial charge in [-0.1, -0.05) is 71.1 Å². The average Bonchev–Trinajstić information content (AvgIpc) is 2.71. The molecule has 0 aromatic heterocycles. The Bertz CT molecular complexity index is 427. The van der Waals surface area contributed by atoms with Crippen LogP contribution in [0, 0.1) is 5.41 Å². The van der Waals surface area contributed by atoms with Crippen molar-refractivity contribution in [3.05, 3.63) is 0 Å². The van der Waals surface area contributed by atoms with Crippen molar-refractivity contribution < 1.29 is 24.9 Å². The Morgan fingerprint density at radius 2 is 1.07 bits per heavy atom. The predicted octanol–water partition coefficient (Wildman–Crippen LogP) is 5.33. The Hall–Kier alpha value is -1.14. The summed E-state index contributed by atoms with van der Waals surface area (Å²) in [6, 6.07) is 0. The minimum Gasteiger partial charge on any atom is -0.480 e. The normalized spacial score (nSPS) is 11.9. The fourth-order valence-electron chi connectivity index (χ4n) is 3.72. The second-order valence-corrected chi connectivity index (χ2v) is 8.85. The van der Waals surface area contributed by atoms with Gasteiger partial charge in [0.15, 0.2) is 5.41 Å². The predicted molar refractivity (Wildman–Crippen MR) is 122 cm³/mol. The van der Waals surface area contributed by atoms with E-state index in [1.54, 1.807) is 0 Å². The molecule has 6 nitrogen and oxygen atoms in total. The molecular formula is C24H47NO5. The molecule has 0 aliphatic rings. The van der Waals surface area contributed by atoms with Crippen molar-refractivity contribution in [3.63, 3.8) is 0 Å². The number of carboxylic acids is 2. The fraction of sp³-hybridized carbons (Fsp3) is 0.917. The number of unbranched alkanes of at least 4 members (excludes halogenated alkanes) is 11. The molecule has 0 amide bonds. The summed E-state index contributed by atoms with van der Waals surface area (Å²) >= 11 is 0. The number of rotatable bonds is 22. The quantitative estimate of drug-likeness (QED) is 0.159. The van der Waals surface area contributed by atoms with Crippen molar-refractivity contribution in [1.82, 2.24) is 4.90 Å². The molecule has 0 aromatic carbocycles. The molecule has 6 heteroatoms. The molecule has 0 aliphatic carbocycles. The van der Waals surface area contributed by atoms with Crippen LogP contribution in [0.25, 0.3) is 0 Å². The summed E-state index contributed by atoms with van der Waals surface area (Å²) in [6.45, 7) is 6.94. The second-order valence-electron chi connectivity index (χ2n) is 8.85. The SMILES string of the molecule is CCCCCCCCCCN(CCCCO)CCCCCCC(C)(C(=O)O)C(=O)O. The number of hydrogen-bond donors (Lipinski definition) is 3. The lowest BCUT2D eigenvalue weighted by atomic mass is 9.85. The van der Waals surface area contributed by atoms with Gasteiger partial charge in [-0.15, -0.1) is 0 Å². The maximum atomic E-state index is 11.2. The highest BCUT2D eigenvalue weighted by Crippen LogP contribution is 2.25. The van der Waals surface area contributed by atoms with Crippen molar-refractivity contribution in [2.75, 3.05) is 26.2 Å². The van der Waals surface area contributed by atoms with Gasteiger partial charge >= 0.3 is 11.9 Å². The van der Waals surface area contributed by atoms with Crippen molar-refractivity contribution in [3.8, 4) is 0 Å². The molecule has 0 rings (SSSR count). The summed E-state index contributed by atoms with van der Waals surface area (Å²) in [4.78, 5) is 24.9. The summed E-state index contributed by atoms with van der Waals surface area (Å²) in [6.07, 6.45) is 16.1. The van der Waals surface area contributed by atoms with Crippen molar-refractivity contribution in [1.29, 1.82) is 0 Å². The Balaban J connectivity index is 4.01. The lowest BCUT2D eigenvalue weighted by Gasteiger charge is -2.22. The molecule has 0 aromatic rings. The van der Waals surface area contributed by atoms with Gasteiger partial charge in [0.25, 0.3) is 0 Å². The van der Waals surface area contributed by atoms with Crippen LogP contribution in [0.4, 0.5) is 0 Å². The zero-order valence-electron chi connectivity index (χ0n) is 19.5. The lowest BCUT2D eigenvalue weighted by Crippen LogP contribution is -2.36. The van der Waals surface area contributed by atoms with Crippen LogP contribution in [0.1, 0.15) is 110 Å². The number of aliphatic hydroxyl groups excluding tert-OH is 1. The molecular weight excluding hydrogens is 382 g/mol. The maximum absolute atomic E-state index is 11.2. The van der Waals surface area contributed by atoms with Crippen LogP contribution in [0.15, 0.2) is 0 Å². The van der Waals surface area contributed by atoms with Gasteiger partial charge in [-0.2, -0.15) is 0 Å². The second kappa shape index (κ2) is 18.6. The Labute approximate surface area is 184 Å². The average molecular weight is 430 g/mol. The number of carboxylic acid groups (broad SMARTS) is 2. The third-order valence-electron chi connectivity index (χ3n) is 6.06. The van der Waals surface area contributed by atoms with Crippen LogP contribution in [-0.2, 0) is 9.59 Å². The van der Waals surface area contributed by atoms with Gasteiger partial charge < -0.3 is 20.2 Å². The summed E-state index contributed by atoms with van der Waals surface area (Å²) < 4.78 is 0. The van der Waals surface area contributed by atoms with Crippen molar-refractivity contribution in [2.24, 2.45) is 5.41 Å². The lowest BCUT2D eigenvalue weighted by molar-refractivity contribution is -0.163. The molecule has 0 radical (unpaired) electrons. The minimum absolute atomic E-state index is 0.177. The monoisotopic (exact) mass is 429 g/mol. The van der Waals surface area contributed by atoms with Gasteiger partial charge in [-0.25, -0.2) is 0 Å². The van der Waals surface area contributed by atoms with Crippen molar-refractivity contribution >= 4 is 11.9 Å². The molecule has 178 valence electrons. The smallest absolute Gasteiger partial charge is 0.320 e. The van der Waals surface area contributed by atoms with Gasteiger partial charge in [0.1, 0.15) is 0 Å². The zero-order chi connectivity index (χ0) is 22.7. The van der Waals surface area contributed by atoms with Gasteiger partial charge in [-0.05, 0) is 58.7 Å². The van der Waals surface area contributed by atoms with Gasteiger partial charge in [-0.3, -0.25) is 9.59 Å². The van der Waals surface area contributed by atoms with Crippen LogP contribution in [0.5, 0.6) is 0 Å². The number of aliphatic hydroxyl groups is 1. The molecule has 0 heterocycles. The van der Waals surface area contributed by atoms with E-state index < -0.39 is 17.4 Å². The maximum Gasteiger partial charge on any atom is 0.320 e. The topological polar surface area (TPSA) is 98.1 Å².